The first-order chi connectivity index (χ1) is 12.7. The van der Waals surface area contributed by atoms with Gasteiger partial charge in [-0.2, -0.15) is 0 Å². The van der Waals surface area contributed by atoms with E-state index in [9.17, 15) is 0 Å². The topological polar surface area (TPSA) is 92.6 Å². The van der Waals surface area contributed by atoms with Gasteiger partial charge in [0.15, 0.2) is 0 Å². The molecule has 132 valence electrons. The highest BCUT2D eigenvalue weighted by atomic mass is 15.2. The number of hydrogen-bond donors (Lipinski definition) is 1. The van der Waals surface area contributed by atoms with Gasteiger partial charge in [-0.1, -0.05) is 0 Å². The van der Waals surface area contributed by atoms with Crippen LogP contribution in [0.3, 0.4) is 0 Å². The number of anilines is 3. The van der Waals surface area contributed by atoms with E-state index in [4.69, 9.17) is 0 Å². The van der Waals surface area contributed by atoms with Crippen LogP contribution in [0.15, 0.2) is 36.9 Å². The summed E-state index contributed by atoms with van der Waals surface area (Å²) >= 11 is 0. The SMILES string of the molecule is Cc1nc(Nc2cnccn2)cc([C@@H]2CCN(c3ccnc(C)n3)C2)n1. The molecule has 0 amide bonds. The lowest BCUT2D eigenvalue weighted by Gasteiger charge is -2.17. The van der Waals surface area contributed by atoms with Gasteiger partial charge in [0.25, 0.3) is 0 Å². The van der Waals surface area contributed by atoms with E-state index in [0.717, 1.165) is 48.5 Å². The Balaban J connectivity index is 1.53. The van der Waals surface area contributed by atoms with E-state index < -0.39 is 0 Å². The van der Waals surface area contributed by atoms with Gasteiger partial charge in [0.05, 0.1) is 11.9 Å². The third kappa shape index (κ3) is 3.58. The molecule has 0 aromatic carbocycles. The fraction of sp³-hybridized carbons (Fsp3) is 0.333. The minimum atomic E-state index is 0.342. The first kappa shape index (κ1) is 16.3. The van der Waals surface area contributed by atoms with Crippen molar-refractivity contribution in [2.75, 3.05) is 23.3 Å². The van der Waals surface area contributed by atoms with Crippen molar-refractivity contribution in [1.82, 2.24) is 29.9 Å². The fourth-order valence-electron chi connectivity index (χ4n) is 3.19. The summed E-state index contributed by atoms with van der Waals surface area (Å²) in [5.74, 6) is 4.26. The molecule has 26 heavy (non-hydrogen) atoms. The number of aromatic nitrogens is 6. The molecule has 0 unspecified atom stereocenters. The van der Waals surface area contributed by atoms with E-state index in [1.54, 1.807) is 18.6 Å². The van der Waals surface area contributed by atoms with Crippen molar-refractivity contribution in [2.45, 2.75) is 26.2 Å². The summed E-state index contributed by atoms with van der Waals surface area (Å²) in [6, 6.07) is 3.96. The van der Waals surface area contributed by atoms with Crippen molar-refractivity contribution in [3.63, 3.8) is 0 Å². The van der Waals surface area contributed by atoms with Crippen LogP contribution in [0.4, 0.5) is 17.5 Å². The van der Waals surface area contributed by atoms with Crippen LogP contribution in [0.5, 0.6) is 0 Å². The second-order valence-electron chi connectivity index (χ2n) is 6.33. The highest BCUT2D eigenvalue weighted by molar-refractivity contribution is 5.51. The van der Waals surface area contributed by atoms with Crippen LogP contribution >= 0.6 is 0 Å². The average Bonchev–Trinajstić information content (AvgIpc) is 3.12. The minimum absolute atomic E-state index is 0.342. The predicted molar refractivity (Wildman–Crippen MR) is 98.4 cm³/mol. The van der Waals surface area contributed by atoms with Gasteiger partial charge in [0, 0.05) is 43.7 Å². The summed E-state index contributed by atoms with van der Waals surface area (Å²) in [6.07, 6.45) is 7.80. The van der Waals surface area contributed by atoms with Gasteiger partial charge in [0.2, 0.25) is 0 Å². The smallest absolute Gasteiger partial charge is 0.150 e. The molecular formula is C18H20N8. The lowest BCUT2D eigenvalue weighted by molar-refractivity contribution is 0.733. The molecule has 0 saturated carbocycles. The highest BCUT2D eigenvalue weighted by Crippen LogP contribution is 2.30. The quantitative estimate of drug-likeness (QED) is 0.768. The van der Waals surface area contributed by atoms with Crippen molar-refractivity contribution in [3.05, 3.63) is 54.3 Å². The summed E-state index contributed by atoms with van der Waals surface area (Å²) in [4.78, 5) is 28.4. The van der Waals surface area contributed by atoms with E-state index in [0.29, 0.717) is 11.7 Å². The lowest BCUT2D eigenvalue weighted by atomic mass is 10.0. The van der Waals surface area contributed by atoms with Gasteiger partial charge in [-0.15, -0.1) is 0 Å². The number of nitrogens with zero attached hydrogens (tertiary/aromatic N) is 7. The monoisotopic (exact) mass is 348 g/mol. The molecule has 3 aromatic rings. The van der Waals surface area contributed by atoms with Gasteiger partial charge < -0.3 is 10.2 Å². The summed E-state index contributed by atoms with van der Waals surface area (Å²) in [6.45, 7) is 5.66. The molecular weight excluding hydrogens is 328 g/mol. The Morgan fingerprint density at radius 1 is 1.00 bits per heavy atom. The zero-order chi connectivity index (χ0) is 17.9. The summed E-state index contributed by atoms with van der Waals surface area (Å²) in [7, 11) is 0. The first-order valence-electron chi connectivity index (χ1n) is 8.60. The molecule has 1 atom stereocenters. The van der Waals surface area contributed by atoms with Gasteiger partial charge in [-0.25, -0.2) is 24.9 Å². The summed E-state index contributed by atoms with van der Waals surface area (Å²) in [5, 5.41) is 3.20. The number of rotatable bonds is 4. The standard InChI is InChI=1S/C18H20N8/c1-12-20-5-3-18(24-12)26-8-4-14(11-26)15-9-16(23-13(2)22-15)25-17-10-19-6-7-21-17/h3,5-7,9-10,14H,4,8,11H2,1-2H3,(H,21,22,23,25)/t14-/m1/s1. The van der Waals surface area contributed by atoms with Gasteiger partial charge in [-0.05, 0) is 26.3 Å². The maximum absolute atomic E-state index is 4.66. The molecule has 0 aliphatic carbocycles. The zero-order valence-corrected chi connectivity index (χ0v) is 14.8. The molecule has 1 N–H and O–H groups in total. The molecule has 0 radical (unpaired) electrons. The Hall–Kier alpha value is -3.16. The number of aryl methyl sites for hydroxylation is 2. The molecule has 1 aliphatic heterocycles. The maximum Gasteiger partial charge on any atom is 0.150 e. The van der Waals surface area contributed by atoms with Crippen molar-refractivity contribution in [2.24, 2.45) is 0 Å². The lowest BCUT2D eigenvalue weighted by Crippen LogP contribution is -2.21. The van der Waals surface area contributed by atoms with Crippen LogP contribution < -0.4 is 10.2 Å². The molecule has 3 aromatic heterocycles. The molecule has 1 saturated heterocycles. The van der Waals surface area contributed by atoms with Crippen LogP contribution in [0.1, 0.15) is 29.7 Å². The molecule has 8 nitrogen and oxygen atoms in total. The largest absolute Gasteiger partial charge is 0.356 e. The number of hydrogen-bond acceptors (Lipinski definition) is 8. The summed E-state index contributed by atoms with van der Waals surface area (Å²) in [5.41, 5.74) is 1.04. The molecule has 4 heterocycles. The van der Waals surface area contributed by atoms with Crippen molar-refractivity contribution in [3.8, 4) is 0 Å². The molecule has 8 heteroatoms. The Bertz CT molecular complexity index is 899. The zero-order valence-electron chi connectivity index (χ0n) is 14.8. The molecule has 1 fully saturated rings. The first-order valence-corrected chi connectivity index (χ1v) is 8.60. The fourth-order valence-corrected chi connectivity index (χ4v) is 3.19. The van der Waals surface area contributed by atoms with Crippen LogP contribution in [0.2, 0.25) is 0 Å². The molecule has 1 aliphatic rings. The van der Waals surface area contributed by atoms with Gasteiger partial charge >= 0.3 is 0 Å². The van der Waals surface area contributed by atoms with Gasteiger partial charge in [-0.3, -0.25) is 4.98 Å². The van der Waals surface area contributed by atoms with Crippen LogP contribution in [-0.2, 0) is 0 Å². The van der Waals surface area contributed by atoms with Crippen LogP contribution in [0, 0.1) is 13.8 Å². The maximum atomic E-state index is 4.66. The van der Waals surface area contributed by atoms with Crippen LogP contribution in [-0.4, -0.2) is 43.0 Å². The van der Waals surface area contributed by atoms with Crippen molar-refractivity contribution < 1.29 is 0 Å². The average molecular weight is 348 g/mol. The Labute approximate surface area is 151 Å². The minimum Gasteiger partial charge on any atom is -0.356 e. The summed E-state index contributed by atoms with van der Waals surface area (Å²) < 4.78 is 0. The Morgan fingerprint density at radius 3 is 2.73 bits per heavy atom. The van der Waals surface area contributed by atoms with Crippen molar-refractivity contribution >= 4 is 17.5 Å². The molecule has 0 spiro atoms. The number of nitrogens with one attached hydrogen (secondary N) is 1. The normalized spacial score (nSPS) is 16.7. The van der Waals surface area contributed by atoms with E-state index >= 15 is 0 Å². The van der Waals surface area contributed by atoms with Gasteiger partial charge in [0.1, 0.15) is 29.1 Å². The third-order valence-electron chi connectivity index (χ3n) is 4.37. The Morgan fingerprint density at radius 2 is 1.92 bits per heavy atom. The third-order valence-corrected chi connectivity index (χ3v) is 4.37. The molecule has 0 bridgehead atoms. The van der Waals surface area contributed by atoms with Crippen molar-refractivity contribution in [1.29, 1.82) is 0 Å². The second-order valence-corrected chi connectivity index (χ2v) is 6.33. The van der Waals surface area contributed by atoms with E-state index in [2.05, 4.69) is 40.1 Å². The highest BCUT2D eigenvalue weighted by Gasteiger charge is 2.26. The van der Waals surface area contributed by atoms with E-state index in [1.165, 1.54) is 0 Å². The van der Waals surface area contributed by atoms with E-state index in [-0.39, 0.29) is 0 Å². The Kier molecular flexibility index (Phi) is 4.39. The second kappa shape index (κ2) is 6.99. The van der Waals surface area contributed by atoms with E-state index in [1.807, 2.05) is 32.2 Å². The molecule has 4 rings (SSSR count). The van der Waals surface area contributed by atoms with Crippen LogP contribution in [0.25, 0.3) is 0 Å². The predicted octanol–water partition coefficient (Wildman–Crippen LogP) is 2.41.